The number of thiophene rings is 1. The van der Waals surface area contributed by atoms with Crippen LogP contribution < -0.4 is 0 Å². The van der Waals surface area contributed by atoms with Gasteiger partial charge in [0.15, 0.2) is 0 Å². The molecule has 1 nitrogen and oxygen atoms in total. The van der Waals surface area contributed by atoms with Crippen LogP contribution in [0.15, 0.2) is 55.1 Å². The second-order valence-corrected chi connectivity index (χ2v) is 6.83. The predicted molar refractivity (Wildman–Crippen MR) is 98.6 cm³/mol. The van der Waals surface area contributed by atoms with Gasteiger partial charge in [0.25, 0.3) is 0 Å². The van der Waals surface area contributed by atoms with E-state index in [0.717, 1.165) is 0 Å². The number of hydrogen-bond acceptors (Lipinski definition) is 1. The summed E-state index contributed by atoms with van der Waals surface area (Å²) in [5, 5.41) is 2.64. The zero-order valence-electron chi connectivity index (χ0n) is 12.8. The van der Waals surface area contributed by atoms with Crippen LogP contribution in [0.1, 0.15) is 10.6 Å². The molecule has 0 fully saturated rings. The van der Waals surface area contributed by atoms with Crippen LogP contribution in [0.5, 0.6) is 0 Å². The van der Waals surface area contributed by atoms with Gasteiger partial charge < -0.3 is 4.57 Å². The van der Waals surface area contributed by atoms with Gasteiger partial charge in [-0.15, -0.1) is 11.3 Å². The summed E-state index contributed by atoms with van der Waals surface area (Å²) >= 11 is 1.87. The van der Waals surface area contributed by atoms with Crippen molar-refractivity contribution in [2.75, 3.05) is 0 Å². The number of benzene rings is 2. The van der Waals surface area contributed by atoms with Crippen LogP contribution in [-0.2, 0) is 7.05 Å². The second kappa shape index (κ2) is 4.85. The van der Waals surface area contributed by atoms with Gasteiger partial charge in [0, 0.05) is 49.7 Å². The normalized spacial score (nSPS) is 11.4. The Bertz CT molecular complexity index is 1020. The number of nitrogens with zero attached hydrogens (tertiary/aromatic N) is 1. The summed E-state index contributed by atoms with van der Waals surface area (Å²) in [7, 11) is 2.12. The van der Waals surface area contributed by atoms with Crippen molar-refractivity contribution in [2.45, 2.75) is 6.92 Å². The Hall–Kier alpha value is -2.32. The molecule has 0 saturated carbocycles. The summed E-state index contributed by atoms with van der Waals surface area (Å²) in [5.74, 6) is 0. The monoisotopic (exact) mass is 303 g/mol. The zero-order chi connectivity index (χ0) is 15.3. The minimum atomic E-state index is 1.19. The molecule has 0 aliphatic carbocycles. The molecule has 2 aromatic heterocycles. The fourth-order valence-electron chi connectivity index (χ4n) is 3.39. The molecule has 2 heterocycles. The minimum absolute atomic E-state index is 1.19. The third-order valence-electron chi connectivity index (χ3n) is 4.37. The van der Waals surface area contributed by atoms with Crippen molar-refractivity contribution in [1.82, 2.24) is 4.57 Å². The van der Waals surface area contributed by atoms with Gasteiger partial charge in [0.05, 0.1) is 0 Å². The molecule has 2 heteroatoms. The SMILES string of the molecule is C=Cc1c(-c2c(C)sc3ccccc23)c2ccccc2n1C. The number of aryl methyl sites for hydroxylation is 2. The van der Waals surface area contributed by atoms with E-state index >= 15 is 0 Å². The van der Waals surface area contributed by atoms with E-state index in [-0.39, 0.29) is 0 Å². The highest BCUT2D eigenvalue weighted by Gasteiger charge is 2.19. The first-order valence-electron chi connectivity index (χ1n) is 7.40. The molecule has 4 aromatic rings. The molecule has 0 atom stereocenters. The van der Waals surface area contributed by atoms with Crippen molar-refractivity contribution in [3.63, 3.8) is 0 Å². The minimum Gasteiger partial charge on any atom is -0.344 e. The van der Waals surface area contributed by atoms with Crippen molar-refractivity contribution in [1.29, 1.82) is 0 Å². The molecule has 0 spiro atoms. The number of aromatic nitrogens is 1. The summed E-state index contributed by atoms with van der Waals surface area (Å²) in [6.45, 7) is 6.27. The largest absolute Gasteiger partial charge is 0.344 e. The predicted octanol–water partition coefficient (Wildman–Crippen LogP) is 6.01. The first kappa shape index (κ1) is 13.4. The first-order chi connectivity index (χ1) is 10.7. The van der Waals surface area contributed by atoms with E-state index in [2.05, 4.69) is 73.6 Å². The summed E-state index contributed by atoms with van der Waals surface area (Å²) in [5.41, 5.74) is 5.10. The molecular weight excluding hydrogens is 286 g/mol. The first-order valence-corrected chi connectivity index (χ1v) is 8.22. The molecule has 0 N–H and O–H groups in total. The molecule has 22 heavy (non-hydrogen) atoms. The summed E-state index contributed by atoms with van der Waals surface area (Å²) < 4.78 is 3.58. The average molecular weight is 303 g/mol. The van der Waals surface area contributed by atoms with Crippen molar-refractivity contribution in [3.8, 4) is 11.1 Å². The Morgan fingerprint density at radius 3 is 2.41 bits per heavy atom. The molecular formula is C20H17NS. The second-order valence-electron chi connectivity index (χ2n) is 5.57. The summed E-state index contributed by atoms with van der Waals surface area (Å²) in [4.78, 5) is 1.36. The fraction of sp³-hybridized carbons (Fsp3) is 0.100. The Morgan fingerprint density at radius 1 is 0.955 bits per heavy atom. The van der Waals surface area contributed by atoms with Crippen molar-refractivity contribution < 1.29 is 0 Å². The van der Waals surface area contributed by atoms with E-state index in [4.69, 9.17) is 0 Å². The highest BCUT2D eigenvalue weighted by atomic mass is 32.1. The van der Waals surface area contributed by atoms with Gasteiger partial charge in [-0.25, -0.2) is 0 Å². The van der Waals surface area contributed by atoms with Crippen LogP contribution in [0.3, 0.4) is 0 Å². The zero-order valence-corrected chi connectivity index (χ0v) is 13.6. The van der Waals surface area contributed by atoms with Gasteiger partial charge in [-0.2, -0.15) is 0 Å². The number of hydrogen-bond donors (Lipinski definition) is 0. The smallest absolute Gasteiger partial charge is 0.0489 e. The van der Waals surface area contributed by atoms with E-state index in [1.807, 2.05) is 17.4 Å². The number of fused-ring (bicyclic) bond motifs is 2. The molecule has 4 rings (SSSR count). The molecule has 0 radical (unpaired) electrons. The molecule has 0 saturated heterocycles. The van der Waals surface area contributed by atoms with Gasteiger partial charge in [-0.3, -0.25) is 0 Å². The van der Waals surface area contributed by atoms with E-state index in [1.165, 1.54) is 42.7 Å². The Morgan fingerprint density at radius 2 is 1.64 bits per heavy atom. The van der Waals surface area contributed by atoms with Crippen LogP contribution >= 0.6 is 11.3 Å². The van der Waals surface area contributed by atoms with E-state index < -0.39 is 0 Å². The van der Waals surface area contributed by atoms with Crippen LogP contribution in [-0.4, -0.2) is 4.57 Å². The summed E-state index contributed by atoms with van der Waals surface area (Å²) in [6.07, 6.45) is 1.97. The lowest BCUT2D eigenvalue weighted by Crippen LogP contribution is -1.90. The number of para-hydroxylation sites is 1. The van der Waals surface area contributed by atoms with Crippen molar-refractivity contribution >= 4 is 38.4 Å². The van der Waals surface area contributed by atoms with Gasteiger partial charge >= 0.3 is 0 Å². The lowest BCUT2D eigenvalue weighted by Gasteiger charge is -2.04. The maximum absolute atomic E-state index is 4.05. The van der Waals surface area contributed by atoms with Crippen LogP contribution in [0.2, 0.25) is 0 Å². The molecule has 0 bridgehead atoms. The molecule has 2 aromatic carbocycles. The third kappa shape index (κ3) is 1.71. The van der Waals surface area contributed by atoms with E-state index in [9.17, 15) is 0 Å². The Balaban J connectivity index is 2.22. The molecule has 0 aliphatic rings. The number of rotatable bonds is 2. The highest BCUT2D eigenvalue weighted by molar-refractivity contribution is 7.19. The topological polar surface area (TPSA) is 4.93 Å². The van der Waals surface area contributed by atoms with Gasteiger partial charge in [-0.05, 0) is 25.1 Å². The highest BCUT2D eigenvalue weighted by Crippen LogP contribution is 2.43. The quantitative estimate of drug-likeness (QED) is 0.427. The standard InChI is InChI=1S/C20H17NS/c1-4-16-20(14-9-5-7-11-17(14)21(16)3)19-13(2)22-18-12-8-6-10-15(18)19/h4-12H,1H2,2-3H3. The fourth-order valence-corrected chi connectivity index (χ4v) is 4.46. The van der Waals surface area contributed by atoms with Crippen LogP contribution in [0, 0.1) is 6.92 Å². The maximum Gasteiger partial charge on any atom is 0.0489 e. The molecule has 0 aliphatic heterocycles. The van der Waals surface area contributed by atoms with Crippen molar-refractivity contribution in [3.05, 3.63) is 65.7 Å². The lowest BCUT2D eigenvalue weighted by atomic mass is 9.99. The Kier molecular flexibility index (Phi) is 2.95. The van der Waals surface area contributed by atoms with Crippen LogP contribution in [0.4, 0.5) is 0 Å². The lowest BCUT2D eigenvalue weighted by molar-refractivity contribution is 0.956. The average Bonchev–Trinajstić information content (AvgIpc) is 3.01. The van der Waals surface area contributed by atoms with E-state index in [1.54, 1.807) is 0 Å². The van der Waals surface area contributed by atoms with Gasteiger partial charge in [0.1, 0.15) is 0 Å². The molecule has 0 unspecified atom stereocenters. The van der Waals surface area contributed by atoms with E-state index in [0.29, 0.717) is 0 Å². The van der Waals surface area contributed by atoms with Crippen LogP contribution in [0.25, 0.3) is 38.2 Å². The summed E-state index contributed by atoms with van der Waals surface area (Å²) in [6, 6.07) is 17.3. The van der Waals surface area contributed by atoms with Gasteiger partial charge in [0.2, 0.25) is 0 Å². The third-order valence-corrected chi connectivity index (χ3v) is 5.45. The molecule has 108 valence electrons. The Labute approximate surface area is 134 Å². The van der Waals surface area contributed by atoms with Gasteiger partial charge in [-0.1, -0.05) is 43.0 Å². The maximum atomic E-state index is 4.05. The van der Waals surface area contributed by atoms with Crippen molar-refractivity contribution in [2.24, 2.45) is 7.05 Å². The molecule has 0 amide bonds.